The van der Waals surface area contributed by atoms with E-state index in [1.54, 1.807) is 25.1 Å². The first-order valence-electron chi connectivity index (χ1n) is 8.82. The highest BCUT2D eigenvalue weighted by Gasteiger charge is 2.31. The Morgan fingerprint density at radius 3 is 2.77 bits per heavy atom. The number of hydrogen-bond donors (Lipinski definition) is 2. The molecule has 3 aromatic rings. The van der Waals surface area contributed by atoms with E-state index in [0.717, 1.165) is 0 Å². The maximum atomic E-state index is 14.2. The molecule has 0 unspecified atom stereocenters. The van der Waals surface area contributed by atoms with Gasteiger partial charge in [-0.25, -0.2) is 12.8 Å². The minimum Gasteiger partial charge on any atom is -0.324 e. The summed E-state index contributed by atoms with van der Waals surface area (Å²) in [6.07, 6.45) is 0. The molecule has 0 saturated carbocycles. The van der Waals surface area contributed by atoms with Gasteiger partial charge < -0.3 is 5.32 Å². The summed E-state index contributed by atoms with van der Waals surface area (Å²) in [5.74, 6) is -0.590. The van der Waals surface area contributed by atoms with Gasteiger partial charge in [0.2, 0.25) is 5.91 Å². The van der Waals surface area contributed by atoms with Gasteiger partial charge in [0.1, 0.15) is 23.4 Å². The Balaban J connectivity index is 1.57. The van der Waals surface area contributed by atoms with Crippen LogP contribution in [0.15, 0.2) is 52.4 Å². The van der Waals surface area contributed by atoms with E-state index in [-0.39, 0.29) is 16.4 Å². The standard InChI is InChI=1S/C18H16FN7O3S/c1-10(20-17-13-5-3-4-6-16(13)30(28,29)23-17)18(27)21-12-7-8-14(19)15(9-12)26-11(2)22-24-25-26/h3-10H,1-2H3,(H,20,23)(H,21,27)/t10-/m0/s1. The van der Waals surface area contributed by atoms with Crippen LogP contribution in [-0.2, 0) is 14.8 Å². The van der Waals surface area contributed by atoms with Gasteiger partial charge in [-0.05, 0) is 54.6 Å². The molecule has 12 heteroatoms. The largest absolute Gasteiger partial charge is 0.324 e. The number of halogens is 1. The highest BCUT2D eigenvalue weighted by atomic mass is 32.2. The third-order valence-corrected chi connectivity index (χ3v) is 5.83. The van der Waals surface area contributed by atoms with Crippen LogP contribution in [0.25, 0.3) is 5.69 Å². The number of nitrogens with zero attached hydrogens (tertiary/aromatic N) is 5. The van der Waals surface area contributed by atoms with E-state index >= 15 is 0 Å². The Labute approximate surface area is 170 Å². The molecule has 0 radical (unpaired) electrons. The summed E-state index contributed by atoms with van der Waals surface area (Å²) in [7, 11) is -3.70. The fourth-order valence-corrected chi connectivity index (χ4v) is 4.17. The molecule has 1 atom stereocenters. The summed E-state index contributed by atoms with van der Waals surface area (Å²) in [6.45, 7) is 3.14. The summed E-state index contributed by atoms with van der Waals surface area (Å²) in [5.41, 5.74) is 0.785. The van der Waals surface area contributed by atoms with Gasteiger partial charge in [0, 0.05) is 11.3 Å². The number of benzene rings is 2. The second kappa shape index (κ2) is 7.30. The highest BCUT2D eigenvalue weighted by Crippen LogP contribution is 2.23. The van der Waals surface area contributed by atoms with Crippen molar-refractivity contribution in [1.29, 1.82) is 0 Å². The van der Waals surface area contributed by atoms with Crippen LogP contribution in [0, 0.1) is 12.7 Å². The van der Waals surface area contributed by atoms with Gasteiger partial charge in [-0.1, -0.05) is 12.1 Å². The van der Waals surface area contributed by atoms with Gasteiger partial charge >= 0.3 is 0 Å². The molecule has 2 heterocycles. The van der Waals surface area contributed by atoms with Crippen LogP contribution in [0.4, 0.5) is 10.1 Å². The lowest BCUT2D eigenvalue weighted by atomic mass is 10.2. The second-order valence-corrected chi connectivity index (χ2v) is 8.20. The predicted molar refractivity (Wildman–Crippen MR) is 105 cm³/mol. The van der Waals surface area contributed by atoms with Crippen LogP contribution >= 0.6 is 0 Å². The summed E-state index contributed by atoms with van der Waals surface area (Å²) in [6, 6.07) is 9.41. The average molecular weight is 429 g/mol. The second-order valence-electron chi connectivity index (χ2n) is 6.55. The maximum Gasteiger partial charge on any atom is 0.263 e. The highest BCUT2D eigenvalue weighted by molar-refractivity contribution is 7.90. The number of amides is 1. The number of hydrogen-bond acceptors (Lipinski definition) is 7. The first kappa shape index (κ1) is 19.6. The van der Waals surface area contributed by atoms with Crippen molar-refractivity contribution in [3.8, 4) is 5.69 Å². The monoisotopic (exact) mass is 429 g/mol. The number of amidine groups is 1. The minimum atomic E-state index is -3.70. The van der Waals surface area contributed by atoms with Crippen molar-refractivity contribution >= 4 is 27.5 Å². The van der Waals surface area contributed by atoms with Crippen LogP contribution in [0.2, 0.25) is 0 Å². The molecule has 154 valence electrons. The molecule has 1 aromatic heterocycles. The molecule has 1 aliphatic rings. The topological polar surface area (TPSA) is 131 Å². The van der Waals surface area contributed by atoms with E-state index in [1.807, 2.05) is 0 Å². The number of fused-ring (bicyclic) bond motifs is 1. The lowest BCUT2D eigenvalue weighted by Crippen LogP contribution is -2.29. The third-order valence-electron chi connectivity index (χ3n) is 4.43. The Morgan fingerprint density at radius 2 is 2.03 bits per heavy atom. The fraction of sp³-hybridized carbons (Fsp3) is 0.167. The fourth-order valence-electron chi connectivity index (χ4n) is 2.94. The number of nitrogens with one attached hydrogen (secondary N) is 2. The summed E-state index contributed by atoms with van der Waals surface area (Å²) in [5, 5.41) is 13.6. The molecule has 0 bridgehead atoms. The Kier molecular flexibility index (Phi) is 4.78. The molecule has 0 fully saturated rings. The molecule has 1 aliphatic heterocycles. The normalized spacial score (nSPS) is 16.7. The number of aliphatic imine (C=N–C) groups is 1. The van der Waals surface area contributed by atoms with Gasteiger partial charge in [0.25, 0.3) is 10.0 Å². The number of rotatable bonds is 4. The minimum absolute atomic E-state index is 0.0757. The van der Waals surface area contributed by atoms with Gasteiger partial charge in [-0.3, -0.25) is 14.5 Å². The van der Waals surface area contributed by atoms with Crippen molar-refractivity contribution in [1.82, 2.24) is 24.9 Å². The van der Waals surface area contributed by atoms with E-state index < -0.39 is 27.8 Å². The molecule has 30 heavy (non-hydrogen) atoms. The number of sulfonamides is 1. The van der Waals surface area contributed by atoms with Gasteiger partial charge in [-0.2, -0.15) is 4.68 Å². The van der Waals surface area contributed by atoms with Crippen molar-refractivity contribution in [3.05, 3.63) is 59.7 Å². The van der Waals surface area contributed by atoms with E-state index in [2.05, 4.69) is 30.6 Å². The van der Waals surface area contributed by atoms with Crippen LogP contribution in [0.3, 0.4) is 0 Å². The zero-order chi connectivity index (χ0) is 21.5. The van der Waals surface area contributed by atoms with Gasteiger partial charge in [-0.15, -0.1) is 5.10 Å². The van der Waals surface area contributed by atoms with Crippen molar-refractivity contribution < 1.29 is 17.6 Å². The van der Waals surface area contributed by atoms with Gasteiger partial charge in [0.15, 0.2) is 5.82 Å². The molecule has 2 aromatic carbocycles. The molecule has 0 aliphatic carbocycles. The maximum absolute atomic E-state index is 14.2. The zero-order valence-electron chi connectivity index (χ0n) is 15.9. The number of anilines is 1. The van der Waals surface area contributed by atoms with Crippen LogP contribution in [0.1, 0.15) is 18.3 Å². The number of tetrazole rings is 1. The van der Waals surface area contributed by atoms with Crippen LogP contribution < -0.4 is 10.0 Å². The van der Waals surface area contributed by atoms with Crippen LogP contribution in [-0.4, -0.2) is 46.4 Å². The first-order chi connectivity index (χ1) is 14.3. The summed E-state index contributed by atoms with van der Waals surface area (Å²) < 4.78 is 42.1. The number of carbonyl (C=O) groups is 1. The van der Waals surface area contributed by atoms with Crippen LogP contribution in [0.5, 0.6) is 0 Å². The molecule has 0 spiro atoms. The lowest BCUT2D eigenvalue weighted by molar-refractivity contribution is -0.117. The van der Waals surface area contributed by atoms with Gasteiger partial charge in [0.05, 0.1) is 4.90 Å². The molecule has 4 rings (SSSR count). The third kappa shape index (κ3) is 3.52. The quantitative estimate of drug-likeness (QED) is 0.640. The van der Waals surface area contributed by atoms with Crippen molar-refractivity contribution in [2.45, 2.75) is 24.8 Å². The molecule has 0 saturated heterocycles. The Hall–Kier alpha value is -3.67. The summed E-state index contributed by atoms with van der Waals surface area (Å²) in [4.78, 5) is 16.9. The summed E-state index contributed by atoms with van der Waals surface area (Å²) >= 11 is 0. The average Bonchev–Trinajstić information content (AvgIpc) is 3.24. The van der Waals surface area contributed by atoms with Crippen molar-refractivity contribution in [2.75, 3.05) is 5.32 Å². The smallest absolute Gasteiger partial charge is 0.263 e. The molecule has 1 amide bonds. The SMILES string of the molecule is Cc1nnnn1-c1cc(NC(=O)[C@H](C)N=C2NS(=O)(=O)c3ccccc32)ccc1F. The lowest BCUT2D eigenvalue weighted by Gasteiger charge is -2.11. The molecular weight excluding hydrogens is 413 g/mol. The first-order valence-corrected chi connectivity index (χ1v) is 10.3. The number of aryl methyl sites for hydroxylation is 1. The van der Waals surface area contributed by atoms with E-state index in [0.29, 0.717) is 17.1 Å². The molecular formula is C18H16FN7O3S. The molecule has 2 N–H and O–H groups in total. The van der Waals surface area contributed by atoms with Crippen molar-refractivity contribution in [2.24, 2.45) is 4.99 Å². The Bertz CT molecular complexity index is 1290. The number of carbonyl (C=O) groups excluding carboxylic acids is 1. The van der Waals surface area contributed by atoms with E-state index in [4.69, 9.17) is 0 Å². The van der Waals surface area contributed by atoms with E-state index in [9.17, 15) is 17.6 Å². The van der Waals surface area contributed by atoms with E-state index in [1.165, 1.54) is 35.9 Å². The van der Waals surface area contributed by atoms with Crippen molar-refractivity contribution in [3.63, 3.8) is 0 Å². The zero-order valence-corrected chi connectivity index (χ0v) is 16.7. The number of aromatic nitrogens is 4. The Morgan fingerprint density at radius 1 is 1.27 bits per heavy atom. The molecule has 10 nitrogen and oxygen atoms in total. The predicted octanol–water partition coefficient (Wildman–Crippen LogP) is 1.18.